The molecule has 4 rings (SSSR count). The number of esters is 1. The average Bonchev–Trinajstić information content (AvgIpc) is 3.46. The van der Waals surface area contributed by atoms with Gasteiger partial charge in [0.1, 0.15) is 5.75 Å². The molecule has 0 unspecified atom stereocenters. The lowest BCUT2D eigenvalue weighted by molar-refractivity contribution is 0.0726. The molecule has 37 heavy (non-hydrogen) atoms. The van der Waals surface area contributed by atoms with E-state index >= 15 is 0 Å². The third kappa shape index (κ3) is 6.36. The monoisotopic (exact) mass is 609 g/mol. The largest absolute Gasteiger partial charge is 0.497 e. The SMILES string of the molecule is CCOc1cc(/C=N\NC(=O)c2ccccc2-n2cccc2)cc(I)c1OC(=O)c1ccc(OC)cc1. The first-order chi connectivity index (χ1) is 18.0. The van der Waals surface area contributed by atoms with Gasteiger partial charge in [0, 0.05) is 12.4 Å². The molecule has 0 atom stereocenters. The van der Waals surface area contributed by atoms with Gasteiger partial charge in [0.25, 0.3) is 5.91 Å². The molecule has 0 spiro atoms. The Labute approximate surface area is 228 Å². The number of carbonyl (C=O) groups is 2. The van der Waals surface area contributed by atoms with Crippen LogP contribution in [0.15, 0.2) is 90.3 Å². The van der Waals surface area contributed by atoms with Crippen molar-refractivity contribution in [2.24, 2.45) is 5.10 Å². The van der Waals surface area contributed by atoms with Crippen molar-refractivity contribution in [3.63, 3.8) is 0 Å². The van der Waals surface area contributed by atoms with Crippen LogP contribution in [-0.2, 0) is 0 Å². The number of rotatable bonds is 9. The number of amides is 1. The first kappa shape index (κ1) is 26.0. The Morgan fingerprint density at radius 1 is 1.03 bits per heavy atom. The zero-order valence-electron chi connectivity index (χ0n) is 20.2. The normalized spacial score (nSPS) is 10.8. The Kier molecular flexibility index (Phi) is 8.57. The van der Waals surface area contributed by atoms with Gasteiger partial charge in [-0.25, -0.2) is 10.2 Å². The maximum absolute atomic E-state index is 12.8. The number of ether oxygens (including phenoxy) is 3. The molecule has 8 nitrogen and oxygen atoms in total. The van der Waals surface area contributed by atoms with Crippen molar-refractivity contribution in [2.75, 3.05) is 13.7 Å². The number of methoxy groups -OCH3 is 1. The first-order valence-electron chi connectivity index (χ1n) is 11.4. The summed E-state index contributed by atoms with van der Waals surface area (Å²) in [7, 11) is 1.56. The Morgan fingerprint density at radius 2 is 1.76 bits per heavy atom. The minimum atomic E-state index is -0.517. The van der Waals surface area contributed by atoms with Crippen LogP contribution in [0.4, 0.5) is 0 Å². The summed E-state index contributed by atoms with van der Waals surface area (Å²) >= 11 is 2.07. The van der Waals surface area contributed by atoms with Gasteiger partial charge in [0.05, 0.1) is 40.3 Å². The molecule has 0 radical (unpaired) electrons. The van der Waals surface area contributed by atoms with E-state index in [1.165, 1.54) is 6.21 Å². The zero-order valence-corrected chi connectivity index (χ0v) is 22.3. The van der Waals surface area contributed by atoms with Gasteiger partial charge in [-0.3, -0.25) is 4.79 Å². The van der Waals surface area contributed by atoms with E-state index in [2.05, 4.69) is 33.1 Å². The molecular formula is C28H24IN3O5. The molecule has 0 aliphatic rings. The molecule has 0 aliphatic carbocycles. The van der Waals surface area contributed by atoms with E-state index in [0.29, 0.717) is 44.1 Å². The molecule has 4 aromatic rings. The summed E-state index contributed by atoms with van der Waals surface area (Å²) in [6.45, 7) is 2.21. The third-order valence-electron chi connectivity index (χ3n) is 5.26. The summed E-state index contributed by atoms with van der Waals surface area (Å²) in [5.41, 5.74) is 4.86. The highest BCUT2D eigenvalue weighted by molar-refractivity contribution is 14.1. The van der Waals surface area contributed by atoms with Crippen molar-refractivity contribution in [1.29, 1.82) is 0 Å². The quantitative estimate of drug-likeness (QED) is 0.0894. The van der Waals surface area contributed by atoms with Crippen LogP contribution in [-0.4, -0.2) is 36.4 Å². The van der Waals surface area contributed by atoms with Crippen LogP contribution < -0.4 is 19.6 Å². The standard InChI is InChI=1S/C28H24IN3O5/c1-3-36-25-17-19(16-23(29)26(25)37-28(34)20-10-12-21(35-2)13-11-20)18-30-31-27(33)22-8-4-5-9-24(22)32-14-6-7-15-32/h4-18H,3H2,1-2H3,(H,31,33)/b30-18-. The fourth-order valence-electron chi connectivity index (χ4n) is 3.51. The van der Waals surface area contributed by atoms with E-state index in [1.807, 2.05) is 48.1 Å². The second-order valence-electron chi connectivity index (χ2n) is 7.69. The molecule has 188 valence electrons. The van der Waals surface area contributed by atoms with Gasteiger partial charge in [-0.05, 0) is 95.7 Å². The smallest absolute Gasteiger partial charge is 0.343 e. The maximum atomic E-state index is 12.8. The van der Waals surface area contributed by atoms with E-state index in [1.54, 1.807) is 55.6 Å². The van der Waals surface area contributed by atoms with E-state index in [9.17, 15) is 9.59 Å². The van der Waals surface area contributed by atoms with Crippen LogP contribution in [0, 0.1) is 3.57 Å². The lowest BCUT2D eigenvalue weighted by Gasteiger charge is -2.13. The molecule has 0 saturated heterocycles. The minimum Gasteiger partial charge on any atom is -0.497 e. The lowest BCUT2D eigenvalue weighted by Crippen LogP contribution is -2.19. The van der Waals surface area contributed by atoms with Gasteiger partial charge in [-0.2, -0.15) is 5.10 Å². The first-order valence-corrected chi connectivity index (χ1v) is 12.5. The number of para-hydroxylation sites is 1. The Bertz CT molecular complexity index is 1420. The molecule has 3 aromatic carbocycles. The van der Waals surface area contributed by atoms with Crippen molar-refractivity contribution in [3.8, 4) is 22.9 Å². The minimum absolute atomic E-state index is 0.310. The van der Waals surface area contributed by atoms with Crippen LogP contribution in [0.3, 0.4) is 0 Å². The number of hydrogen-bond acceptors (Lipinski definition) is 6. The fraction of sp³-hybridized carbons (Fsp3) is 0.107. The highest BCUT2D eigenvalue weighted by Gasteiger charge is 2.17. The number of carbonyl (C=O) groups excluding carboxylic acids is 2. The molecule has 0 fully saturated rings. The number of nitrogens with one attached hydrogen (secondary N) is 1. The molecule has 1 N–H and O–H groups in total. The highest BCUT2D eigenvalue weighted by Crippen LogP contribution is 2.34. The molecule has 0 aliphatic heterocycles. The van der Waals surface area contributed by atoms with Crippen LogP contribution in [0.2, 0.25) is 0 Å². The van der Waals surface area contributed by atoms with Crippen molar-refractivity contribution >= 4 is 40.7 Å². The van der Waals surface area contributed by atoms with E-state index < -0.39 is 5.97 Å². The summed E-state index contributed by atoms with van der Waals surface area (Å²) in [5, 5.41) is 4.12. The number of nitrogens with zero attached hydrogens (tertiary/aromatic N) is 2. The molecule has 0 bridgehead atoms. The molecule has 1 heterocycles. The average molecular weight is 609 g/mol. The summed E-state index contributed by atoms with van der Waals surface area (Å²) in [6, 6.07) is 21.2. The van der Waals surface area contributed by atoms with Crippen molar-refractivity contribution in [3.05, 3.63) is 105 Å². The van der Waals surface area contributed by atoms with Crippen LogP contribution in [0.25, 0.3) is 5.69 Å². The van der Waals surface area contributed by atoms with Crippen LogP contribution >= 0.6 is 22.6 Å². The number of halogens is 1. The number of benzene rings is 3. The van der Waals surface area contributed by atoms with Crippen molar-refractivity contribution < 1.29 is 23.8 Å². The summed E-state index contributed by atoms with van der Waals surface area (Å²) < 4.78 is 19.0. The molecule has 1 amide bonds. The number of hydrogen-bond donors (Lipinski definition) is 1. The van der Waals surface area contributed by atoms with E-state index in [0.717, 1.165) is 5.69 Å². The third-order valence-corrected chi connectivity index (χ3v) is 6.06. The van der Waals surface area contributed by atoms with Gasteiger partial charge in [0.2, 0.25) is 0 Å². The van der Waals surface area contributed by atoms with Gasteiger partial charge < -0.3 is 18.8 Å². The molecule has 0 saturated carbocycles. The molecule has 1 aromatic heterocycles. The van der Waals surface area contributed by atoms with Gasteiger partial charge in [-0.1, -0.05) is 12.1 Å². The second-order valence-corrected chi connectivity index (χ2v) is 8.85. The maximum Gasteiger partial charge on any atom is 0.343 e. The summed E-state index contributed by atoms with van der Waals surface area (Å²) in [6.07, 6.45) is 5.25. The topological polar surface area (TPSA) is 91.1 Å². The van der Waals surface area contributed by atoms with Crippen molar-refractivity contribution in [1.82, 2.24) is 9.99 Å². The van der Waals surface area contributed by atoms with Gasteiger partial charge >= 0.3 is 5.97 Å². The Balaban J connectivity index is 1.50. The predicted octanol–water partition coefficient (Wildman–Crippen LogP) is 5.47. The Morgan fingerprint density at radius 3 is 2.46 bits per heavy atom. The van der Waals surface area contributed by atoms with Crippen LogP contribution in [0.5, 0.6) is 17.2 Å². The number of aromatic nitrogens is 1. The highest BCUT2D eigenvalue weighted by atomic mass is 127. The summed E-state index contributed by atoms with van der Waals surface area (Å²) in [4.78, 5) is 25.5. The fourth-order valence-corrected chi connectivity index (χ4v) is 4.25. The van der Waals surface area contributed by atoms with E-state index in [4.69, 9.17) is 14.2 Å². The molecule has 9 heteroatoms. The summed E-state index contributed by atoms with van der Waals surface area (Å²) in [5.74, 6) is 0.485. The van der Waals surface area contributed by atoms with Gasteiger partial charge in [-0.15, -0.1) is 0 Å². The number of hydrazone groups is 1. The lowest BCUT2D eigenvalue weighted by atomic mass is 10.1. The Hall–Kier alpha value is -4.12. The predicted molar refractivity (Wildman–Crippen MR) is 149 cm³/mol. The second kappa shape index (κ2) is 12.2. The van der Waals surface area contributed by atoms with Crippen molar-refractivity contribution in [2.45, 2.75) is 6.92 Å². The van der Waals surface area contributed by atoms with Crippen LogP contribution in [0.1, 0.15) is 33.2 Å². The van der Waals surface area contributed by atoms with Gasteiger partial charge in [0.15, 0.2) is 11.5 Å². The zero-order chi connectivity index (χ0) is 26.2. The van der Waals surface area contributed by atoms with E-state index in [-0.39, 0.29) is 5.91 Å². The molecular weight excluding hydrogens is 585 g/mol.